The Morgan fingerprint density at radius 3 is 2.71 bits per heavy atom. The SMILES string of the molecule is COc1cccc(C(=O)C(C)Br)c1I. The first kappa shape index (κ1) is 12.0. The predicted octanol–water partition coefficient (Wildman–Crippen LogP) is 3.27. The molecule has 0 saturated carbocycles. The summed E-state index contributed by atoms with van der Waals surface area (Å²) >= 11 is 5.39. The van der Waals surface area contributed by atoms with Gasteiger partial charge in [0.15, 0.2) is 5.78 Å². The van der Waals surface area contributed by atoms with E-state index >= 15 is 0 Å². The van der Waals surface area contributed by atoms with Crippen LogP contribution in [0.5, 0.6) is 5.75 Å². The molecule has 0 bridgehead atoms. The van der Waals surface area contributed by atoms with E-state index in [4.69, 9.17) is 4.74 Å². The molecule has 0 N–H and O–H groups in total. The van der Waals surface area contributed by atoms with E-state index in [-0.39, 0.29) is 10.6 Å². The number of methoxy groups -OCH3 is 1. The van der Waals surface area contributed by atoms with Gasteiger partial charge in [-0.05, 0) is 35.6 Å². The molecular weight excluding hydrogens is 359 g/mol. The molecule has 14 heavy (non-hydrogen) atoms. The van der Waals surface area contributed by atoms with Gasteiger partial charge in [0.25, 0.3) is 0 Å². The maximum Gasteiger partial charge on any atom is 0.177 e. The van der Waals surface area contributed by atoms with Crippen LogP contribution in [0.3, 0.4) is 0 Å². The molecule has 1 unspecified atom stereocenters. The van der Waals surface area contributed by atoms with Crippen molar-refractivity contribution in [1.82, 2.24) is 0 Å². The van der Waals surface area contributed by atoms with Gasteiger partial charge in [-0.3, -0.25) is 4.79 Å². The third-order valence-electron chi connectivity index (χ3n) is 1.81. The summed E-state index contributed by atoms with van der Waals surface area (Å²) in [6.07, 6.45) is 0. The molecule has 1 aromatic rings. The Kier molecular flexibility index (Phi) is 4.37. The van der Waals surface area contributed by atoms with E-state index in [0.29, 0.717) is 5.56 Å². The molecule has 0 aliphatic heterocycles. The van der Waals surface area contributed by atoms with Crippen LogP contribution in [0, 0.1) is 3.57 Å². The highest BCUT2D eigenvalue weighted by Gasteiger charge is 2.16. The Bertz CT molecular complexity index is 350. The van der Waals surface area contributed by atoms with Gasteiger partial charge in [0.1, 0.15) is 5.75 Å². The average molecular weight is 369 g/mol. The van der Waals surface area contributed by atoms with Crippen LogP contribution in [0.4, 0.5) is 0 Å². The molecule has 4 heteroatoms. The zero-order chi connectivity index (χ0) is 10.7. The number of hydrogen-bond donors (Lipinski definition) is 0. The number of halogens is 2. The standard InChI is InChI=1S/C10H10BrIO2/c1-6(11)10(13)7-4-3-5-8(14-2)9(7)12/h3-6H,1-2H3. The number of rotatable bonds is 3. The molecule has 0 aliphatic carbocycles. The lowest BCUT2D eigenvalue weighted by Crippen LogP contribution is -2.12. The van der Waals surface area contributed by atoms with Gasteiger partial charge in [0.05, 0.1) is 15.5 Å². The molecule has 0 aromatic heterocycles. The third kappa shape index (κ3) is 2.48. The van der Waals surface area contributed by atoms with Crippen LogP contribution in [0.2, 0.25) is 0 Å². The van der Waals surface area contributed by atoms with Gasteiger partial charge >= 0.3 is 0 Å². The summed E-state index contributed by atoms with van der Waals surface area (Å²) < 4.78 is 6.01. The lowest BCUT2D eigenvalue weighted by Gasteiger charge is -2.08. The third-order valence-corrected chi connectivity index (χ3v) is 3.34. The fraction of sp³-hybridized carbons (Fsp3) is 0.300. The van der Waals surface area contributed by atoms with E-state index in [1.165, 1.54) is 0 Å². The number of carbonyl (C=O) groups excluding carboxylic acids is 1. The molecule has 1 aromatic carbocycles. The van der Waals surface area contributed by atoms with Crippen molar-refractivity contribution in [3.8, 4) is 5.75 Å². The highest BCUT2D eigenvalue weighted by molar-refractivity contribution is 14.1. The lowest BCUT2D eigenvalue weighted by molar-refractivity contribution is 0.0994. The van der Waals surface area contributed by atoms with Crippen molar-refractivity contribution in [2.45, 2.75) is 11.8 Å². The summed E-state index contributed by atoms with van der Waals surface area (Å²) in [5, 5.41) is 0. The van der Waals surface area contributed by atoms with E-state index in [2.05, 4.69) is 38.5 Å². The smallest absolute Gasteiger partial charge is 0.177 e. The Hall–Kier alpha value is -0.100. The van der Waals surface area contributed by atoms with Crippen molar-refractivity contribution >= 4 is 44.3 Å². The van der Waals surface area contributed by atoms with Gasteiger partial charge in [-0.15, -0.1) is 0 Å². The first-order valence-electron chi connectivity index (χ1n) is 4.08. The van der Waals surface area contributed by atoms with Crippen molar-refractivity contribution in [2.24, 2.45) is 0 Å². The van der Waals surface area contributed by atoms with E-state index in [1.807, 2.05) is 25.1 Å². The van der Waals surface area contributed by atoms with Crippen molar-refractivity contribution in [3.05, 3.63) is 27.3 Å². The molecule has 0 spiro atoms. The van der Waals surface area contributed by atoms with Gasteiger partial charge in [-0.1, -0.05) is 28.1 Å². The summed E-state index contributed by atoms with van der Waals surface area (Å²) in [6.45, 7) is 1.82. The average Bonchev–Trinajstić information content (AvgIpc) is 2.17. The van der Waals surface area contributed by atoms with Crippen LogP contribution in [-0.2, 0) is 0 Å². The molecule has 76 valence electrons. The molecule has 1 rings (SSSR count). The predicted molar refractivity (Wildman–Crippen MR) is 68.4 cm³/mol. The number of ketones is 1. The van der Waals surface area contributed by atoms with Gasteiger partial charge in [0.2, 0.25) is 0 Å². The van der Waals surface area contributed by atoms with Crippen LogP contribution < -0.4 is 4.74 Å². The molecule has 0 aliphatic rings. The first-order valence-corrected chi connectivity index (χ1v) is 6.08. The van der Waals surface area contributed by atoms with E-state index in [0.717, 1.165) is 9.32 Å². The number of alkyl halides is 1. The summed E-state index contributed by atoms with van der Waals surface area (Å²) in [5.74, 6) is 0.818. The largest absolute Gasteiger partial charge is 0.496 e. The molecule has 1 atom stereocenters. The topological polar surface area (TPSA) is 26.3 Å². The molecule has 0 fully saturated rings. The minimum absolute atomic E-state index is 0.0771. The molecule has 0 saturated heterocycles. The highest BCUT2D eigenvalue weighted by Crippen LogP contribution is 2.25. The first-order chi connectivity index (χ1) is 6.57. The number of benzene rings is 1. The van der Waals surface area contributed by atoms with Gasteiger partial charge in [-0.25, -0.2) is 0 Å². The second kappa shape index (κ2) is 5.11. The fourth-order valence-corrected chi connectivity index (χ4v) is 2.17. The molecule has 2 nitrogen and oxygen atoms in total. The summed E-state index contributed by atoms with van der Waals surface area (Å²) in [5.41, 5.74) is 0.703. The Balaban J connectivity index is 3.16. The minimum Gasteiger partial charge on any atom is -0.496 e. The van der Waals surface area contributed by atoms with Crippen molar-refractivity contribution in [2.75, 3.05) is 7.11 Å². The highest BCUT2D eigenvalue weighted by atomic mass is 127. The lowest BCUT2D eigenvalue weighted by atomic mass is 10.1. The Labute approximate surface area is 105 Å². The maximum atomic E-state index is 11.7. The molecular formula is C10H10BrIO2. The van der Waals surface area contributed by atoms with Crippen LogP contribution in [0.1, 0.15) is 17.3 Å². The molecule has 0 amide bonds. The number of hydrogen-bond acceptors (Lipinski definition) is 2. The number of Topliss-reactive ketones (excluding diaryl/α,β-unsaturated/α-hetero) is 1. The summed E-state index contributed by atoms with van der Waals surface area (Å²) in [4.78, 5) is 11.6. The van der Waals surface area contributed by atoms with Crippen molar-refractivity contribution in [1.29, 1.82) is 0 Å². The van der Waals surface area contributed by atoms with Gasteiger partial charge in [0, 0.05) is 5.56 Å². The van der Waals surface area contributed by atoms with Crippen LogP contribution in [-0.4, -0.2) is 17.7 Å². The van der Waals surface area contributed by atoms with Gasteiger partial charge < -0.3 is 4.74 Å². The maximum absolute atomic E-state index is 11.7. The van der Waals surface area contributed by atoms with Gasteiger partial charge in [-0.2, -0.15) is 0 Å². The molecule has 0 heterocycles. The second-order valence-electron chi connectivity index (χ2n) is 2.80. The van der Waals surface area contributed by atoms with Crippen LogP contribution >= 0.6 is 38.5 Å². The normalized spacial score (nSPS) is 12.3. The van der Waals surface area contributed by atoms with E-state index < -0.39 is 0 Å². The number of carbonyl (C=O) groups is 1. The second-order valence-corrected chi connectivity index (χ2v) is 5.25. The number of ether oxygens (including phenoxy) is 1. The van der Waals surface area contributed by atoms with E-state index in [1.54, 1.807) is 7.11 Å². The van der Waals surface area contributed by atoms with Crippen LogP contribution in [0.25, 0.3) is 0 Å². The minimum atomic E-state index is -0.164. The zero-order valence-electron chi connectivity index (χ0n) is 7.88. The monoisotopic (exact) mass is 368 g/mol. The van der Waals surface area contributed by atoms with Crippen molar-refractivity contribution in [3.63, 3.8) is 0 Å². The zero-order valence-corrected chi connectivity index (χ0v) is 11.6. The van der Waals surface area contributed by atoms with Crippen LogP contribution in [0.15, 0.2) is 18.2 Å². The summed E-state index contributed by atoms with van der Waals surface area (Å²) in [6, 6.07) is 5.48. The van der Waals surface area contributed by atoms with E-state index in [9.17, 15) is 4.79 Å². The quantitative estimate of drug-likeness (QED) is 0.465. The Morgan fingerprint density at radius 1 is 1.57 bits per heavy atom. The van der Waals surface area contributed by atoms with Crippen molar-refractivity contribution < 1.29 is 9.53 Å². The Morgan fingerprint density at radius 2 is 2.21 bits per heavy atom. The fourth-order valence-electron chi connectivity index (χ4n) is 1.07. The molecule has 0 radical (unpaired) electrons. The summed E-state index contributed by atoms with van der Waals surface area (Å²) in [7, 11) is 1.60.